The smallest absolute Gasteiger partial charge is 0.303 e. The summed E-state index contributed by atoms with van der Waals surface area (Å²) >= 11 is 0. The van der Waals surface area contributed by atoms with Crippen molar-refractivity contribution in [2.45, 2.75) is 58.3 Å². The second-order valence-corrected chi connectivity index (χ2v) is 7.27. The molecule has 1 amide bonds. The van der Waals surface area contributed by atoms with E-state index in [4.69, 9.17) is 38.7 Å². The van der Waals surface area contributed by atoms with E-state index in [0.717, 1.165) is 13.8 Å². The summed E-state index contributed by atoms with van der Waals surface area (Å²) in [5.74, 6) is -2.47. The maximum atomic E-state index is 11.9. The maximum absolute atomic E-state index is 11.9. The van der Waals surface area contributed by atoms with Gasteiger partial charge in [0.15, 0.2) is 18.5 Å². The number of amides is 1. The van der Waals surface area contributed by atoms with E-state index < -0.39 is 54.5 Å². The SMILES string of the molecule is CC(=O)N[C@H]1C(OC(C)=O)[C@@H](OC(C)=O)C(COC(C)=O)O[C@H]1OCCOCCOCCN=[N+]=[N-]. The number of esters is 3. The van der Waals surface area contributed by atoms with E-state index in [1.54, 1.807) is 0 Å². The molecule has 15 heteroatoms. The zero-order valence-electron chi connectivity index (χ0n) is 20.2. The Morgan fingerprint density at radius 2 is 1.49 bits per heavy atom. The van der Waals surface area contributed by atoms with E-state index in [0.29, 0.717) is 0 Å². The lowest BCUT2D eigenvalue weighted by molar-refractivity contribution is -0.279. The van der Waals surface area contributed by atoms with Crippen LogP contribution in [0.1, 0.15) is 27.7 Å². The Balaban J connectivity index is 2.85. The quantitative estimate of drug-likeness (QED) is 0.0787. The van der Waals surface area contributed by atoms with Gasteiger partial charge in [0.25, 0.3) is 0 Å². The molecule has 1 N–H and O–H groups in total. The highest BCUT2D eigenvalue weighted by Crippen LogP contribution is 2.28. The van der Waals surface area contributed by atoms with Gasteiger partial charge in [-0.1, -0.05) is 5.11 Å². The molecule has 1 saturated heterocycles. The second-order valence-electron chi connectivity index (χ2n) is 7.27. The first-order valence-corrected chi connectivity index (χ1v) is 10.8. The number of hydrogen-bond acceptors (Lipinski definition) is 12. The average Bonchev–Trinajstić information content (AvgIpc) is 2.76. The Bertz CT molecular complexity index is 759. The van der Waals surface area contributed by atoms with Gasteiger partial charge < -0.3 is 38.5 Å². The van der Waals surface area contributed by atoms with Crippen LogP contribution in [0.4, 0.5) is 0 Å². The van der Waals surface area contributed by atoms with Crippen LogP contribution in [0, 0.1) is 0 Å². The van der Waals surface area contributed by atoms with E-state index >= 15 is 0 Å². The zero-order valence-corrected chi connectivity index (χ0v) is 20.2. The molecule has 1 aliphatic rings. The van der Waals surface area contributed by atoms with Gasteiger partial charge in [-0.3, -0.25) is 19.2 Å². The predicted octanol–water partition coefficient (Wildman–Crippen LogP) is 0.00260. The van der Waals surface area contributed by atoms with Gasteiger partial charge in [0.1, 0.15) is 18.8 Å². The van der Waals surface area contributed by atoms with Gasteiger partial charge in [0, 0.05) is 39.2 Å². The molecule has 0 spiro atoms. The van der Waals surface area contributed by atoms with Crippen LogP contribution in [0.15, 0.2) is 5.11 Å². The Morgan fingerprint density at radius 3 is 2.06 bits per heavy atom. The molecule has 0 aliphatic carbocycles. The van der Waals surface area contributed by atoms with Crippen molar-refractivity contribution >= 4 is 23.8 Å². The van der Waals surface area contributed by atoms with Crippen LogP contribution in [0.5, 0.6) is 0 Å². The summed E-state index contributed by atoms with van der Waals surface area (Å²) in [7, 11) is 0. The second kappa shape index (κ2) is 16.6. The van der Waals surface area contributed by atoms with Crippen molar-refractivity contribution in [3.63, 3.8) is 0 Å². The summed E-state index contributed by atoms with van der Waals surface area (Å²) in [5, 5.41) is 5.94. The molecule has 0 saturated carbocycles. The molecule has 0 radical (unpaired) electrons. The third kappa shape index (κ3) is 12.3. The summed E-state index contributed by atoms with van der Waals surface area (Å²) < 4.78 is 37.9. The molecule has 1 aliphatic heterocycles. The Hall–Kier alpha value is -2.97. The maximum Gasteiger partial charge on any atom is 0.303 e. The highest BCUT2D eigenvalue weighted by molar-refractivity contribution is 5.73. The lowest BCUT2D eigenvalue weighted by Crippen LogP contribution is -2.66. The normalized spacial score (nSPS) is 23.5. The first-order chi connectivity index (χ1) is 16.6. The minimum Gasteiger partial charge on any atom is -0.463 e. The molecule has 35 heavy (non-hydrogen) atoms. The molecular weight excluding hydrogens is 472 g/mol. The van der Waals surface area contributed by atoms with E-state index in [9.17, 15) is 19.2 Å². The molecule has 0 aromatic rings. The van der Waals surface area contributed by atoms with Crippen LogP contribution in [-0.2, 0) is 52.3 Å². The van der Waals surface area contributed by atoms with Gasteiger partial charge in [0.2, 0.25) is 5.91 Å². The fraction of sp³-hybridized carbons (Fsp3) is 0.800. The van der Waals surface area contributed by atoms with Crippen LogP contribution in [0.3, 0.4) is 0 Å². The number of azide groups is 1. The number of hydrogen-bond donors (Lipinski definition) is 1. The van der Waals surface area contributed by atoms with Crippen molar-refractivity contribution in [1.82, 2.24) is 5.32 Å². The number of carbonyl (C=O) groups is 4. The minimum atomic E-state index is -1.19. The fourth-order valence-corrected chi connectivity index (χ4v) is 3.13. The molecule has 198 valence electrons. The fourth-order valence-electron chi connectivity index (χ4n) is 3.13. The lowest BCUT2D eigenvalue weighted by Gasteiger charge is -2.44. The molecule has 1 heterocycles. The Kier molecular flexibility index (Phi) is 14.3. The van der Waals surface area contributed by atoms with Crippen molar-refractivity contribution in [3.8, 4) is 0 Å². The molecule has 1 fully saturated rings. The standard InChI is InChI=1S/C20H32N4O11/c1-12(25)23-17-19(34-15(4)28)18(33-14(3)27)16(11-32-13(2)26)35-20(17)31-10-9-30-8-7-29-6-5-22-24-21/h16-20H,5-11H2,1-4H3,(H,23,25)/t16?,17-,18-,19?,20+/m0/s1. The first-order valence-electron chi connectivity index (χ1n) is 10.8. The zero-order chi connectivity index (χ0) is 26.2. The summed E-state index contributed by atoms with van der Waals surface area (Å²) in [6.07, 6.45) is -4.58. The molecule has 15 nitrogen and oxygen atoms in total. The van der Waals surface area contributed by atoms with E-state index in [1.807, 2.05) is 0 Å². The Labute approximate surface area is 202 Å². The van der Waals surface area contributed by atoms with Crippen molar-refractivity contribution in [3.05, 3.63) is 10.4 Å². The van der Waals surface area contributed by atoms with Gasteiger partial charge in [-0.25, -0.2) is 0 Å². The molecule has 0 bridgehead atoms. The van der Waals surface area contributed by atoms with Gasteiger partial charge in [-0.2, -0.15) is 0 Å². The minimum absolute atomic E-state index is 0.0186. The number of ether oxygens (including phenoxy) is 7. The monoisotopic (exact) mass is 504 g/mol. The van der Waals surface area contributed by atoms with E-state index in [2.05, 4.69) is 15.3 Å². The van der Waals surface area contributed by atoms with Crippen LogP contribution < -0.4 is 5.32 Å². The summed E-state index contributed by atoms with van der Waals surface area (Å²) in [6, 6.07) is -1.04. The average molecular weight is 504 g/mol. The third-order valence-electron chi connectivity index (χ3n) is 4.35. The first kappa shape index (κ1) is 30.1. The number of nitrogens with one attached hydrogen (secondary N) is 1. The predicted molar refractivity (Wildman–Crippen MR) is 116 cm³/mol. The summed E-state index contributed by atoms with van der Waals surface area (Å²) in [4.78, 5) is 49.3. The van der Waals surface area contributed by atoms with Crippen molar-refractivity contribution in [2.24, 2.45) is 5.11 Å². The molecular formula is C20H32N4O11. The lowest BCUT2D eigenvalue weighted by atomic mass is 9.96. The molecule has 2 unspecified atom stereocenters. The van der Waals surface area contributed by atoms with Gasteiger partial charge in [-0.15, -0.1) is 0 Å². The van der Waals surface area contributed by atoms with Crippen LogP contribution in [0.25, 0.3) is 10.4 Å². The van der Waals surface area contributed by atoms with Crippen molar-refractivity contribution in [1.29, 1.82) is 0 Å². The Morgan fingerprint density at radius 1 is 0.886 bits per heavy atom. The summed E-state index contributed by atoms with van der Waals surface area (Å²) in [5.41, 5.74) is 8.19. The highest BCUT2D eigenvalue weighted by atomic mass is 16.7. The number of rotatable bonds is 15. The highest BCUT2D eigenvalue weighted by Gasteiger charge is 2.51. The van der Waals surface area contributed by atoms with E-state index in [-0.39, 0.29) is 46.2 Å². The van der Waals surface area contributed by atoms with Crippen LogP contribution in [-0.4, -0.2) is 101 Å². The van der Waals surface area contributed by atoms with Gasteiger partial charge >= 0.3 is 17.9 Å². The molecule has 5 atom stereocenters. The van der Waals surface area contributed by atoms with E-state index in [1.165, 1.54) is 13.8 Å². The largest absolute Gasteiger partial charge is 0.463 e. The topological polar surface area (TPSA) is 194 Å². The van der Waals surface area contributed by atoms with Crippen LogP contribution >= 0.6 is 0 Å². The van der Waals surface area contributed by atoms with Gasteiger partial charge in [0.05, 0.1) is 33.0 Å². The van der Waals surface area contributed by atoms with Crippen LogP contribution in [0.2, 0.25) is 0 Å². The van der Waals surface area contributed by atoms with Crippen molar-refractivity contribution < 1.29 is 52.3 Å². The van der Waals surface area contributed by atoms with Crippen molar-refractivity contribution in [2.75, 3.05) is 46.2 Å². The number of carbonyl (C=O) groups excluding carboxylic acids is 4. The molecule has 0 aromatic heterocycles. The molecule has 1 rings (SSSR count). The summed E-state index contributed by atoms with van der Waals surface area (Å²) in [6.45, 7) is 5.60. The third-order valence-corrected chi connectivity index (χ3v) is 4.35. The number of nitrogens with zero attached hydrogens (tertiary/aromatic N) is 3. The van der Waals surface area contributed by atoms with Gasteiger partial charge in [-0.05, 0) is 5.53 Å². The molecule has 0 aromatic carbocycles.